The lowest BCUT2D eigenvalue weighted by molar-refractivity contribution is -0.114. The average molecular weight is 471 g/mol. The molecule has 0 bridgehead atoms. The SMILES string of the molecule is C[C@]12C[C@H](c3ccc(-c4ccoc4)cc3)C3=C4CCC(=O)C=C4CC[C@H]3[C@@H]1CC[C@@]2(O)/C=C\CO. The third-order valence-corrected chi connectivity index (χ3v) is 9.62. The average Bonchev–Trinajstić information content (AvgIpc) is 3.49. The van der Waals surface area contributed by atoms with Crippen LogP contribution in [-0.4, -0.2) is 28.2 Å². The number of carbonyl (C=O) groups excluding carboxylic acids is 1. The van der Waals surface area contributed by atoms with E-state index in [1.165, 1.54) is 22.3 Å². The Kier molecular flexibility index (Phi) is 5.50. The zero-order valence-electron chi connectivity index (χ0n) is 20.4. The van der Waals surface area contributed by atoms with Crippen molar-refractivity contribution in [2.24, 2.45) is 17.3 Å². The molecule has 4 aliphatic rings. The summed E-state index contributed by atoms with van der Waals surface area (Å²) < 4.78 is 5.28. The smallest absolute Gasteiger partial charge is 0.156 e. The fourth-order valence-electron chi connectivity index (χ4n) is 7.86. The lowest BCUT2D eigenvalue weighted by atomic mass is 9.51. The molecule has 2 aromatic rings. The van der Waals surface area contributed by atoms with Crippen molar-refractivity contribution in [2.45, 2.75) is 63.4 Å². The third-order valence-electron chi connectivity index (χ3n) is 9.62. The van der Waals surface area contributed by atoms with Crippen molar-refractivity contribution < 1.29 is 19.4 Å². The summed E-state index contributed by atoms with van der Waals surface area (Å²) in [6.07, 6.45) is 15.0. The number of hydrogen-bond donors (Lipinski definition) is 2. The van der Waals surface area contributed by atoms with Gasteiger partial charge >= 0.3 is 0 Å². The van der Waals surface area contributed by atoms with Gasteiger partial charge in [0.2, 0.25) is 0 Å². The number of furan rings is 1. The Morgan fingerprint density at radius 2 is 1.91 bits per heavy atom. The molecule has 182 valence electrons. The largest absolute Gasteiger partial charge is 0.472 e. The van der Waals surface area contributed by atoms with Gasteiger partial charge in [-0.3, -0.25) is 4.79 Å². The first-order valence-corrected chi connectivity index (χ1v) is 13.0. The van der Waals surface area contributed by atoms with Gasteiger partial charge in [-0.2, -0.15) is 0 Å². The van der Waals surface area contributed by atoms with E-state index in [1.54, 1.807) is 18.6 Å². The molecule has 0 amide bonds. The first kappa shape index (κ1) is 22.8. The normalized spacial score (nSPS) is 34.5. The zero-order valence-corrected chi connectivity index (χ0v) is 20.4. The predicted molar refractivity (Wildman–Crippen MR) is 136 cm³/mol. The van der Waals surface area contributed by atoms with E-state index >= 15 is 0 Å². The summed E-state index contributed by atoms with van der Waals surface area (Å²) in [5.74, 6) is 1.29. The maximum atomic E-state index is 12.2. The Labute approximate surface area is 207 Å². The number of ketones is 1. The number of carbonyl (C=O) groups is 1. The third kappa shape index (κ3) is 3.53. The summed E-state index contributed by atoms with van der Waals surface area (Å²) in [7, 11) is 0. The van der Waals surface area contributed by atoms with Crippen molar-refractivity contribution in [1.29, 1.82) is 0 Å². The van der Waals surface area contributed by atoms with Crippen molar-refractivity contribution in [3.8, 4) is 11.1 Å². The summed E-state index contributed by atoms with van der Waals surface area (Å²) >= 11 is 0. The molecule has 4 aliphatic carbocycles. The van der Waals surface area contributed by atoms with Gasteiger partial charge in [0.1, 0.15) is 0 Å². The van der Waals surface area contributed by atoms with Crippen molar-refractivity contribution in [3.63, 3.8) is 0 Å². The lowest BCUT2D eigenvalue weighted by Gasteiger charge is -2.54. The van der Waals surface area contributed by atoms with E-state index in [0.29, 0.717) is 18.3 Å². The molecule has 0 radical (unpaired) electrons. The van der Waals surface area contributed by atoms with E-state index in [9.17, 15) is 15.0 Å². The Morgan fingerprint density at radius 1 is 1.09 bits per heavy atom. The zero-order chi connectivity index (χ0) is 24.2. The molecular formula is C31H34O4. The van der Waals surface area contributed by atoms with Crippen LogP contribution in [0.15, 0.2) is 82.2 Å². The van der Waals surface area contributed by atoms with Crippen molar-refractivity contribution >= 4 is 5.78 Å². The van der Waals surface area contributed by atoms with E-state index in [4.69, 9.17) is 4.42 Å². The predicted octanol–water partition coefficient (Wildman–Crippen LogP) is 6.13. The quantitative estimate of drug-likeness (QED) is 0.528. The molecule has 1 heterocycles. The minimum Gasteiger partial charge on any atom is -0.472 e. The van der Waals surface area contributed by atoms with Gasteiger partial charge in [0.05, 0.1) is 24.7 Å². The molecule has 35 heavy (non-hydrogen) atoms. The number of aliphatic hydroxyl groups is 2. The maximum Gasteiger partial charge on any atom is 0.156 e. The number of aliphatic hydroxyl groups excluding tert-OH is 1. The second kappa shape index (κ2) is 8.46. The van der Waals surface area contributed by atoms with Gasteiger partial charge in [-0.1, -0.05) is 48.9 Å². The summed E-state index contributed by atoms with van der Waals surface area (Å²) in [6.45, 7) is 2.22. The van der Waals surface area contributed by atoms with Crippen LogP contribution in [0.4, 0.5) is 0 Å². The monoisotopic (exact) mass is 470 g/mol. The van der Waals surface area contributed by atoms with Gasteiger partial charge < -0.3 is 14.6 Å². The lowest BCUT2D eigenvalue weighted by Crippen LogP contribution is -2.50. The first-order chi connectivity index (χ1) is 16.9. The summed E-state index contributed by atoms with van der Waals surface area (Å²) in [4.78, 5) is 12.2. The first-order valence-electron chi connectivity index (χ1n) is 13.0. The molecular weight excluding hydrogens is 436 g/mol. The van der Waals surface area contributed by atoms with E-state index in [2.05, 4.69) is 31.2 Å². The highest BCUT2D eigenvalue weighted by Crippen LogP contribution is 2.67. The van der Waals surface area contributed by atoms with Crippen LogP contribution in [0.1, 0.15) is 63.4 Å². The highest BCUT2D eigenvalue weighted by molar-refractivity contribution is 5.93. The fourth-order valence-corrected chi connectivity index (χ4v) is 7.86. The summed E-state index contributed by atoms with van der Waals surface area (Å²) in [5, 5.41) is 21.3. The van der Waals surface area contributed by atoms with Crippen LogP contribution in [0, 0.1) is 17.3 Å². The van der Waals surface area contributed by atoms with Crippen molar-refractivity contribution in [2.75, 3.05) is 6.61 Å². The maximum absolute atomic E-state index is 12.2. The molecule has 1 aromatic carbocycles. The van der Waals surface area contributed by atoms with Gasteiger partial charge in [-0.25, -0.2) is 0 Å². The van der Waals surface area contributed by atoms with Crippen molar-refractivity contribution in [1.82, 2.24) is 0 Å². The van der Waals surface area contributed by atoms with E-state index in [1.807, 2.05) is 18.2 Å². The minimum atomic E-state index is -0.912. The van der Waals surface area contributed by atoms with Gasteiger partial charge in [-0.15, -0.1) is 0 Å². The van der Waals surface area contributed by atoms with Gasteiger partial charge in [0, 0.05) is 23.3 Å². The molecule has 4 nitrogen and oxygen atoms in total. The van der Waals surface area contributed by atoms with Gasteiger partial charge in [0.25, 0.3) is 0 Å². The summed E-state index contributed by atoms with van der Waals surface area (Å²) in [5.41, 5.74) is 6.51. The Bertz CT molecular complexity index is 1220. The highest BCUT2D eigenvalue weighted by Gasteiger charge is 2.61. The van der Waals surface area contributed by atoms with Crippen molar-refractivity contribution in [3.05, 3.63) is 83.4 Å². The number of rotatable bonds is 4. The van der Waals surface area contributed by atoms with Crippen LogP contribution >= 0.6 is 0 Å². The molecule has 2 fully saturated rings. The molecule has 0 aliphatic heterocycles. The fraction of sp³-hybridized carbons (Fsp3) is 0.452. The summed E-state index contributed by atoms with van der Waals surface area (Å²) in [6, 6.07) is 10.8. The molecule has 1 aromatic heterocycles. The van der Waals surface area contributed by atoms with Gasteiger partial charge in [0.15, 0.2) is 5.78 Å². The second-order valence-corrected chi connectivity index (χ2v) is 11.2. The van der Waals surface area contributed by atoms with Crippen LogP contribution < -0.4 is 0 Å². The number of benzene rings is 1. The molecule has 5 atom stereocenters. The molecule has 0 saturated heterocycles. The van der Waals surface area contributed by atoms with E-state index in [-0.39, 0.29) is 23.7 Å². The Hall–Kier alpha value is -2.69. The molecule has 0 spiro atoms. The molecule has 4 heteroatoms. The minimum absolute atomic E-state index is 0.0527. The van der Waals surface area contributed by atoms with Crippen LogP contribution in [-0.2, 0) is 4.79 Å². The van der Waals surface area contributed by atoms with E-state index in [0.717, 1.165) is 49.7 Å². The Morgan fingerprint density at radius 3 is 2.66 bits per heavy atom. The van der Waals surface area contributed by atoms with Crippen LogP contribution in [0.25, 0.3) is 11.1 Å². The number of fused-ring (bicyclic) bond motifs is 4. The molecule has 2 N–H and O–H groups in total. The van der Waals surface area contributed by atoms with E-state index < -0.39 is 5.60 Å². The number of hydrogen-bond acceptors (Lipinski definition) is 4. The highest BCUT2D eigenvalue weighted by atomic mass is 16.3. The van der Waals surface area contributed by atoms with Crippen LogP contribution in [0.3, 0.4) is 0 Å². The molecule has 6 rings (SSSR count). The standard InChI is InChI=1S/C31H34O4/c1-30-18-27(21-5-3-20(4-6-21)23-12-16-35-19-23)29-25-10-8-24(33)17-22(25)7-9-26(29)28(30)11-14-31(30,34)13-2-15-32/h2-6,12-13,16-17,19,26-28,32,34H,7-11,14-15,18H2,1H3/b13-2-/t26-,27+,28-,30-,31-/m0/s1. The number of allylic oxidation sites excluding steroid dienone is 4. The molecule has 2 saturated carbocycles. The topological polar surface area (TPSA) is 70.7 Å². The van der Waals surface area contributed by atoms with Gasteiger partial charge in [-0.05, 0) is 84.8 Å². The van der Waals surface area contributed by atoms with Crippen LogP contribution in [0.5, 0.6) is 0 Å². The van der Waals surface area contributed by atoms with Crippen LogP contribution in [0.2, 0.25) is 0 Å². The molecule has 0 unspecified atom stereocenters. The second-order valence-electron chi connectivity index (χ2n) is 11.2. The Balaban J connectivity index is 1.47.